The van der Waals surface area contributed by atoms with Crippen molar-refractivity contribution in [1.29, 1.82) is 0 Å². The molecule has 9 N–H and O–H groups in total. The van der Waals surface area contributed by atoms with Crippen molar-refractivity contribution in [3.63, 3.8) is 0 Å². The molecule has 2 unspecified atom stereocenters. The molecule has 5 atom stereocenters. The summed E-state index contributed by atoms with van der Waals surface area (Å²) in [7, 11) is -25.9. The molecule has 0 spiro atoms. The van der Waals surface area contributed by atoms with Crippen molar-refractivity contribution in [2.45, 2.75) is 106 Å². The van der Waals surface area contributed by atoms with Crippen molar-refractivity contribution in [2.24, 2.45) is 0 Å². The van der Waals surface area contributed by atoms with Gasteiger partial charge in [-0.15, -0.1) is 0 Å². The molecule has 76 heavy (non-hydrogen) atoms. The van der Waals surface area contributed by atoms with E-state index in [1.807, 2.05) is 65.0 Å². The number of unbranched alkanes of at least 4 members (excludes halogenated alkanes) is 2. The van der Waals surface area contributed by atoms with Gasteiger partial charge in [-0.25, -0.2) is 18.5 Å². The van der Waals surface area contributed by atoms with Gasteiger partial charge in [-0.1, -0.05) is 44.2 Å². The molecule has 1 fully saturated rings. The van der Waals surface area contributed by atoms with Gasteiger partial charge in [0.05, 0.1) is 33.5 Å². The summed E-state index contributed by atoms with van der Waals surface area (Å²) in [6, 6.07) is 8.99. The normalized spacial score (nSPS) is 21.7. The number of ether oxygens (including phenoxy) is 1. The van der Waals surface area contributed by atoms with Crippen molar-refractivity contribution in [3.05, 3.63) is 122 Å². The van der Waals surface area contributed by atoms with Crippen molar-refractivity contribution in [2.75, 3.05) is 31.1 Å². The fraction of sp³-hybridized carbons (Fsp3) is 0.422. The molecule has 2 aromatic carbocycles. The van der Waals surface area contributed by atoms with Crippen LogP contribution in [0.25, 0.3) is 6.08 Å². The van der Waals surface area contributed by atoms with Gasteiger partial charge in [0.15, 0.2) is 5.71 Å². The van der Waals surface area contributed by atoms with Gasteiger partial charge in [-0.2, -0.15) is 30.0 Å². The van der Waals surface area contributed by atoms with Gasteiger partial charge in [0.2, 0.25) is 11.6 Å². The number of aromatic nitrogens is 2. The second-order valence-corrected chi connectivity index (χ2v) is 26.0. The predicted molar refractivity (Wildman–Crippen MR) is 274 cm³/mol. The number of aromatic amines is 1. The molecule has 0 saturated carbocycles. The molecule has 0 aliphatic carbocycles. The number of hydrogen-bond donors (Lipinski definition) is 9. The number of fused-ring (bicyclic) bond motifs is 2. The molecule has 416 valence electrons. The fourth-order valence-corrected chi connectivity index (χ4v) is 13.1. The van der Waals surface area contributed by atoms with E-state index in [-0.39, 0.29) is 40.6 Å². The minimum absolute atomic E-state index is 0.0136. The topological polar surface area (TPSA) is 388 Å². The first-order valence-electron chi connectivity index (χ1n) is 23.3. The van der Waals surface area contributed by atoms with E-state index in [1.54, 1.807) is 12.1 Å². The van der Waals surface area contributed by atoms with E-state index in [9.17, 15) is 68.9 Å². The molecule has 31 heteroatoms. The molecule has 1 amide bonds. The van der Waals surface area contributed by atoms with Crippen LogP contribution in [0.1, 0.15) is 89.6 Å². The van der Waals surface area contributed by atoms with Crippen LogP contribution in [0.5, 0.6) is 0 Å². The average molecular weight is 1160 g/mol. The minimum atomic E-state index is -5.80. The number of aliphatic hydroxyl groups excluding tert-OH is 1. The van der Waals surface area contributed by atoms with E-state index >= 15 is 0 Å². The number of rotatable bonds is 23. The second-order valence-electron chi connectivity index (χ2n) is 18.7. The van der Waals surface area contributed by atoms with Gasteiger partial charge in [-0.05, 0) is 75.6 Å². The molecule has 3 aliphatic rings. The Morgan fingerprint density at radius 2 is 1.54 bits per heavy atom. The monoisotopic (exact) mass is 1160 g/mol. The molecule has 6 rings (SSSR count). The van der Waals surface area contributed by atoms with Crippen LogP contribution >= 0.6 is 23.5 Å². The number of likely N-dealkylation sites (N-methyl/N-ethyl adjacent to an activating group) is 1. The number of carbonyl (C=O) groups is 1. The Morgan fingerprint density at radius 3 is 2.18 bits per heavy atom. The van der Waals surface area contributed by atoms with Crippen LogP contribution in [0.4, 0.5) is 11.4 Å². The Bertz CT molecular complexity index is 3420. The number of nitrogens with zero attached hydrogens (tertiary/aromatic N) is 3. The van der Waals surface area contributed by atoms with Gasteiger partial charge < -0.3 is 39.6 Å². The van der Waals surface area contributed by atoms with Crippen LogP contribution in [0.15, 0.2) is 104 Å². The number of phosphoric ester groups is 1. The largest absolute Gasteiger partial charge is 0.490 e. The summed E-state index contributed by atoms with van der Waals surface area (Å²) in [5, 5.41) is 13.2. The van der Waals surface area contributed by atoms with Crippen LogP contribution in [-0.2, 0) is 67.4 Å². The summed E-state index contributed by atoms with van der Waals surface area (Å²) in [4.78, 5) is 78.3. The summed E-state index contributed by atoms with van der Waals surface area (Å²) in [6.07, 6.45) is 10.7. The Kier molecular flexibility index (Phi) is 18.5. The Morgan fingerprint density at radius 1 is 0.882 bits per heavy atom. The van der Waals surface area contributed by atoms with E-state index in [0.717, 1.165) is 39.1 Å². The van der Waals surface area contributed by atoms with E-state index < -0.39 is 90.8 Å². The van der Waals surface area contributed by atoms with Gasteiger partial charge in [0.1, 0.15) is 18.9 Å². The summed E-state index contributed by atoms with van der Waals surface area (Å²) in [5.41, 5.74) is 1.64. The number of allylic oxidation sites excluding steroid dienone is 6. The van der Waals surface area contributed by atoms with E-state index in [4.69, 9.17) is 14.5 Å². The molecular weight excluding hydrogens is 1100 g/mol. The number of hydrogen-bond acceptors (Lipinski definition) is 16. The maximum absolute atomic E-state index is 12.8. The molecule has 26 nitrogen and oxygen atoms in total. The van der Waals surface area contributed by atoms with Gasteiger partial charge >= 0.3 is 29.2 Å². The summed E-state index contributed by atoms with van der Waals surface area (Å²) < 4.78 is 123. The summed E-state index contributed by atoms with van der Waals surface area (Å²) in [6.45, 7) is 9.90. The highest BCUT2D eigenvalue weighted by Gasteiger charge is 2.46. The Hall–Kier alpha value is -4.83. The first-order valence-corrected chi connectivity index (χ1v) is 30.7. The van der Waals surface area contributed by atoms with Crippen molar-refractivity contribution < 1.29 is 91.6 Å². The lowest BCUT2D eigenvalue weighted by atomic mass is 9.81. The molecule has 3 aromatic rings. The van der Waals surface area contributed by atoms with E-state index in [0.29, 0.717) is 37.9 Å². The first-order chi connectivity index (χ1) is 35.1. The number of phosphoric acid groups is 3. The van der Waals surface area contributed by atoms with Gasteiger partial charge in [0, 0.05) is 73.1 Å². The molecule has 4 heterocycles. The first kappa shape index (κ1) is 60.4. The smallest absolute Gasteiger partial charge is 0.390 e. The number of benzene rings is 2. The van der Waals surface area contributed by atoms with E-state index in [2.05, 4.69) is 32.9 Å². The van der Waals surface area contributed by atoms with Gasteiger partial charge in [-0.3, -0.25) is 32.8 Å². The third-order valence-electron chi connectivity index (χ3n) is 12.7. The van der Waals surface area contributed by atoms with Crippen molar-refractivity contribution in [1.82, 2.24) is 14.9 Å². The van der Waals surface area contributed by atoms with Crippen LogP contribution in [0, 0.1) is 0 Å². The van der Waals surface area contributed by atoms with Crippen LogP contribution in [-0.4, -0.2) is 115 Å². The molecule has 0 radical (unpaired) electrons. The molecule has 3 aliphatic heterocycles. The molecular formula is C45H59N5O21P3S2+. The summed E-state index contributed by atoms with van der Waals surface area (Å²) >= 11 is 0. The number of carbonyl (C=O) groups excluding carboxylic acids is 1. The molecule has 1 saturated heterocycles. The SMILES string of the molecule is CCN1/C(=C/C=C/C=C/C2=[N+](CCCCCC(=O)NC/C=C/c3cn([C@H]4C[C@@H](O)[C@@H](COP(=O)(O)OP(=O)(O)OP(=O)(O)O)O4)c(=O)[nH]c3=O)c3ccc(S(=O)(=O)O)cc3C2(C)C)C(C)(C)c2cc(S(=O)(=O)O)ccc21. The third kappa shape index (κ3) is 14.6. The fourth-order valence-electron chi connectivity index (χ4n) is 9.09. The average Bonchev–Trinajstić information content (AvgIpc) is 3.84. The lowest BCUT2D eigenvalue weighted by Crippen LogP contribution is -2.33. The summed E-state index contributed by atoms with van der Waals surface area (Å²) in [5.74, 6) is -0.295. The minimum Gasteiger partial charge on any atom is -0.390 e. The molecule has 1 aromatic heterocycles. The van der Waals surface area contributed by atoms with Crippen molar-refractivity contribution in [3.8, 4) is 0 Å². The Labute approximate surface area is 436 Å². The lowest BCUT2D eigenvalue weighted by molar-refractivity contribution is -0.438. The zero-order valence-electron chi connectivity index (χ0n) is 41.5. The van der Waals surface area contributed by atoms with Gasteiger partial charge in [0.25, 0.3) is 25.8 Å². The predicted octanol–water partition coefficient (Wildman–Crippen LogP) is 4.60. The zero-order chi connectivity index (χ0) is 56.4. The lowest BCUT2D eigenvalue weighted by Gasteiger charge is -2.25. The maximum atomic E-state index is 12.8. The number of anilines is 1. The van der Waals surface area contributed by atoms with Crippen LogP contribution in [0.2, 0.25) is 0 Å². The second kappa shape index (κ2) is 23.2. The standard InChI is InChI=1S/C45H58N5O21P3S2/c1-6-48-34-20-18-30(75(62,63)64)24-32(34)44(2,3)38(48)15-9-7-10-16-39-45(4,5)33-25-31(76(65,66)67)19-21-35(33)49(39)23-12-8-11-17-40(52)46-22-13-14-29-27-50(43(54)47-42(29)53)41-26-36(51)37(69-41)28-68-73(58,59)71-74(60,61)70-72(55,56)57/h7,9-10,13-16,18-21,24-25,27,36-37,41,51H,6,8,11-12,17,22-23,26,28H2,1-5H3,(H7-,46,47,52,53,54,55,56,57,58,59,60,61,62,63,64,65,66,67)/p+1/b14-13+/t36-,37-,41-/m1/s1. The third-order valence-corrected chi connectivity index (χ3v) is 18.2. The maximum Gasteiger partial charge on any atom is 0.490 e. The highest BCUT2D eigenvalue weighted by atomic mass is 32.2. The van der Waals surface area contributed by atoms with E-state index in [1.165, 1.54) is 36.4 Å². The van der Waals surface area contributed by atoms with Crippen molar-refractivity contribution >= 4 is 72.8 Å². The van der Waals surface area contributed by atoms with Crippen LogP contribution in [0.3, 0.4) is 0 Å². The van der Waals surface area contributed by atoms with Crippen LogP contribution < -0.4 is 21.5 Å². The highest BCUT2D eigenvalue weighted by molar-refractivity contribution is 7.86. The zero-order valence-corrected chi connectivity index (χ0v) is 45.8. The quantitative estimate of drug-likeness (QED) is 0.0206. The Balaban J connectivity index is 1.05. The highest BCUT2D eigenvalue weighted by Crippen LogP contribution is 2.66. The number of amides is 1. The molecule has 0 bridgehead atoms. The number of nitrogens with one attached hydrogen (secondary N) is 2. The number of aliphatic hydroxyl groups is 1. The number of H-pyrrole nitrogens is 1.